The minimum Gasteiger partial charge on any atom is -0.354 e. The van der Waals surface area contributed by atoms with Crippen molar-refractivity contribution in [1.29, 1.82) is 0 Å². The molecule has 1 atom stereocenters. The van der Waals surface area contributed by atoms with E-state index in [2.05, 4.69) is 5.32 Å². The Morgan fingerprint density at radius 2 is 2.00 bits per heavy atom. The topological polar surface area (TPSA) is 83.6 Å². The van der Waals surface area contributed by atoms with E-state index >= 15 is 0 Å². The average Bonchev–Trinajstić information content (AvgIpc) is 3.02. The van der Waals surface area contributed by atoms with Gasteiger partial charge in [-0.2, -0.15) is 0 Å². The average molecular weight is 366 g/mol. The molecule has 0 aliphatic carbocycles. The van der Waals surface area contributed by atoms with E-state index in [1.54, 1.807) is 17.0 Å². The number of anilines is 1. The van der Waals surface area contributed by atoms with Crippen LogP contribution in [0, 0.1) is 0 Å². The first-order chi connectivity index (χ1) is 11.8. The van der Waals surface area contributed by atoms with E-state index in [0.29, 0.717) is 19.4 Å². The normalized spacial score (nSPS) is 14.9. The lowest BCUT2D eigenvalue weighted by molar-refractivity contribution is -0.121. The quantitative estimate of drug-likeness (QED) is 0.801. The van der Waals surface area contributed by atoms with Gasteiger partial charge in [0.25, 0.3) is 0 Å². The molecule has 0 saturated carbocycles. The van der Waals surface area contributed by atoms with Gasteiger partial charge in [-0.25, -0.2) is 8.42 Å². The standard InChI is InChI=1S/C18H26N2O4S/c1-4-13(3)19-17(21)9-11-25(23,24)15-6-7-16-14(12-15)8-10-20(16)18(22)5-2/h6-7,12-13H,4-5,8-11H2,1-3H3,(H,19,21)/t13-/m1/s1. The first-order valence-electron chi connectivity index (χ1n) is 8.74. The molecule has 1 heterocycles. The lowest BCUT2D eigenvalue weighted by Crippen LogP contribution is -2.33. The van der Waals surface area contributed by atoms with Gasteiger partial charge in [-0.05, 0) is 43.5 Å². The molecule has 7 heteroatoms. The van der Waals surface area contributed by atoms with Crippen molar-refractivity contribution < 1.29 is 18.0 Å². The maximum atomic E-state index is 12.5. The Hall–Kier alpha value is -1.89. The van der Waals surface area contributed by atoms with E-state index in [-0.39, 0.29) is 34.9 Å². The largest absolute Gasteiger partial charge is 0.354 e. The molecule has 2 rings (SSSR count). The molecule has 0 fully saturated rings. The SMILES string of the molecule is CCC(=O)N1CCc2cc(S(=O)(=O)CCC(=O)N[C@H](C)CC)ccc21. The summed E-state index contributed by atoms with van der Waals surface area (Å²) in [5.41, 5.74) is 1.66. The minimum atomic E-state index is -3.53. The Bertz CT molecular complexity index is 758. The van der Waals surface area contributed by atoms with Gasteiger partial charge in [-0.15, -0.1) is 0 Å². The molecule has 2 amide bonds. The number of benzene rings is 1. The molecule has 0 bridgehead atoms. The molecule has 1 aliphatic rings. The molecule has 0 radical (unpaired) electrons. The highest BCUT2D eigenvalue weighted by atomic mass is 32.2. The van der Waals surface area contributed by atoms with E-state index in [4.69, 9.17) is 0 Å². The molecule has 0 aromatic heterocycles. The third kappa shape index (κ3) is 4.60. The van der Waals surface area contributed by atoms with Crippen LogP contribution >= 0.6 is 0 Å². The number of amides is 2. The summed E-state index contributed by atoms with van der Waals surface area (Å²) in [6, 6.07) is 4.90. The molecule has 1 aliphatic heterocycles. The zero-order valence-corrected chi connectivity index (χ0v) is 15.9. The van der Waals surface area contributed by atoms with Crippen molar-refractivity contribution in [2.75, 3.05) is 17.2 Å². The number of sulfone groups is 1. The van der Waals surface area contributed by atoms with Gasteiger partial charge in [0, 0.05) is 31.1 Å². The fraction of sp³-hybridized carbons (Fsp3) is 0.556. The van der Waals surface area contributed by atoms with Crippen LogP contribution in [0.4, 0.5) is 5.69 Å². The Balaban J connectivity index is 2.08. The fourth-order valence-electron chi connectivity index (χ4n) is 2.82. The van der Waals surface area contributed by atoms with Crippen molar-refractivity contribution in [2.45, 2.75) is 57.4 Å². The summed E-state index contributed by atoms with van der Waals surface area (Å²) >= 11 is 0. The van der Waals surface area contributed by atoms with Crippen molar-refractivity contribution in [3.8, 4) is 0 Å². The molecule has 6 nitrogen and oxygen atoms in total. The number of fused-ring (bicyclic) bond motifs is 1. The van der Waals surface area contributed by atoms with Crippen molar-refractivity contribution in [3.63, 3.8) is 0 Å². The highest BCUT2D eigenvalue weighted by Crippen LogP contribution is 2.31. The lowest BCUT2D eigenvalue weighted by atomic mass is 10.2. The van der Waals surface area contributed by atoms with Gasteiger partial charge in [0.15, 0.2) is 9.84 Å². The number of carbonyl (C=O) groups is 2. The maximum Gasteiger partial charge on any atom is 0.226 e. The minimum absolute atomic E-state index is 0.0380. The Kier molecular flexibility index (Phi) is 6.21. The molecule has 0 saturated heterocycles. The van der Waals surface area contributed by atoms with E-state index < -0.39 is 9.84 Å². The van der Waals surface area contributed by atoms with Crippen LogP contribution in [0.1, 0.15) is 45.6 Å². The second kappa shape index (κ2) is 7.99. The lowest BCUT2D eigenvalue weighted by Gasteiger charge is -2.16. The number of hydrogen-bond acceptors (Lipinski definition) is 4. The van der Waals surface area contributed by atoms with Gasteiger partial charge in [0.05, 0.1) is 10.6 Å². The van der Waals surface area contributed by atoms with Crippen molar-refractivity contribution in [1.82, 2.24) is 5.32 Å². The number of rotatable bonds is 7. The number of nitrogens with one attached hydrogen (secondary N) is 1. The highest BCUT2D eigenvalue weighted by Gasteiger charge is 2.26. The molecular weight excluding hydrogens is 340 g/mol. The third-order valence-electron chi connectivity index (χ3n) is 4.53. The van der Waals surface area contributed by atoms with E-state index in [1.807, 2.05) is 20.8 Å². The summed E-state index contributed by atoms with van der Waals surface area (Å²) in [5.74, 6) is -0.430. The Labute approximate surface area is 149 Å². The molecule has 1 aromatic rings. The molecule has 0 spiro atoms. The number of nitrogens with zero attached hydrogens (tertiary/aromatic N) is 1. The monoisotopic (exact) mass is 366 g/mol. The predicted molar refractivity (Wildman–Crippen MR) is 97.4 cm³/mol. The van der Waals surface area contributed by atoms with Crippen LogP contribution in [0.3, 0.4) is 0 Å². The van der Waals surface area contributed by atoms with E-state index in [9.17, 15) is 18.0 Å². The molecule has 1 aromatic carbocycles. The van der Waals surface area contributed by atoms with Crippen LogP contribution in [0.5, 0.6) is 0 Å². The van der Waals surface area contributed by atoms with Crippen molar-refractivity contribution >= 4 is 27.3 Å². The predicted octanol–water partition coefficient (Wildman–Crippen LogP) is 2.06. The van der Waals surface area contributed by atoms with Gasteiger partial charge in [-0.3, -0.25) is 9.59 Å². The van der Waals surface area contributed by atoms with Gasteiger partial charge >= 0.3 is 0 Å². The third-order valence-corrected chi connectivity index (χ3v) is 6.24. The summed E-state index contributed by atoms with van der Waals surface area (Å²) in [6.45, 7) is 6.24. The smallest absolute Gasteiger partial charge is 0.226 e. The van der Waals surface area contributed by atoms with Crippen LogP contribution in [0.25, 0.3) is 0 Å². The second-order valence-corrected chi connectivity index (χ2v) is 8.49. The first kappa shape index (κ1) is 19.4. The van der Waals surface area contributed by atoms with Gasteiger partial charge < -0.3 is 10.2 Å². The van der Waals surface area contributed by atoms with Gasteiger partial charge in [0.1, 0.15) is 0 Å². The summed E-state index contributed by atoms with van der Waals surface area (Å²) in [4.78, 5) is 25.6. The Morgan fingerprint density at radius 1 is 1.28 bits per heavy atom. The zero-order chi connectivity index (χ0) is 18.6. The van der Waals surface area contributed by atoms with Crippen LogP contribution in [-0.4, -0.2) is 38.6 Å². The van der Waals surface area contributed by atoms with Gasteiger partial charge in [0.2, 0.25) is 11.8 Å². The molecule has 1 N–H and O–H groups in total. The second-order valence-electron chi connectivity index (χ2n) is 6.39. The summed E-state index contributed by atoms with van der Waals surface area (Å²) in [5, 5.41) is 2.77. The maximum absolute atomic E-state index is 12.5. The van der Waals surface area contributed by atoms with Crippen LogP contribution in [-0.2, 0) is 25.8 Å². The first-order valence-corrected chi connectivity index (χ1v) is 10.4. The number of hydrogen-bond donors (Lipinski definition) is 1. The van der Waals surface area contributed by atoms with Crippen molar-refractivity contribution in [2.24, 2.45) is 0 Å². The summed E-state index contributed by atoms with van der Waals surface area (Å²) < 4.78 is 25.0. The zero-order valence-electron chi connectivity index (χ0n) is 15.0. The van der Waals surface area contributed by atoms with Crippen LogP contribution in [0.15, 0.2) is 23.1 Å². The molecule has 25 heavy (non-hydrogen) atoms. The molecule has 138 valence electrons. The molecular formula is C18H26N2O4S. The Morgan fingerprint density at radius 3 is 2.64 bits per heavy atom. The fourth-order valence-corrected chi connectivity index (χ4v) is 4.10. The highest BCUT2D eigenvalue weighted by molar-refractivity contribution is 7.91. The number of carbonyl (C=O) groups excluding carboxylic acids is 2. The van der Waals surface area contributed by atoms with Crippen LogP contribution < -0.4 is 10.2 Å². The molecule has 0 unspecified atom stereocenters. The summed E-state index contributed by atoms with van der Waals surface area (Å²) in [7, 11) is -3.53. The van der Waals surface area contributed by atoms with Gasteiger partial charge in [-0.1, -0.05) is 13.8 Å². The van der Waals surface area contributed by atoms with E-state index in [0.717, 1.165) is 17.7 Å². The van der Waals surface area contributed by atoms with Crippen molar-refractivity contribution in [3.05, 3.63) is 23.8 Å². The van der Waals surface area contributed by atoms with Crippen LogP contribution in [0.2, 0.25) is 0 Å². The van der Waals surface area contributed by atoms with E-state index in [1.165, 1.54) is 6.07 Å². The summed E-state index contributed by atoms with van der Waals surface area (Å²) in [6.07, 6.45) is 1.82.